The first-order valence-corrected chi connectivity index (χ1v) is 9.24. The highest BCUT2D eigenvalue weighted by molar-refractivity contribution is 5.34. The number of hydrogen-bond donors (Lipinski definition) is 1. The van der Waals surface area contributed by atoms with Crippen LogP contribution in [0.3, 0.4) is 0 Å². The molecule has 0 amide bonds. The van der Waals surface area contributed by atoms with Gasteiger partial charge in [-0.25, -0.2) is 0 Å². The van der Waals surface area contributed by atoms with Crippen LogP contribution in [-0.4, -0.2) is 55.6 Å². The lowest BCUT2D eigenvalue weighted by molar-refractivity contribution is 0.0318. The van der Waals surface area contributed by atoms with Crippen LogP contribution in [-0.2, 0) is 11.2 Å². The molecule has 5 heteroatoms. The number of nitriles is 1. The van der Waals surface area contributed by atoms with Crippen LogP contribution in [0.25, 0.3) is 0 Å². The van der Waals surface area contributed by atoms with Crippen LogP contribution in [0.4, 0.5) is 0 Å². The van der Waals surface area contributed by atoms with Crippen molar-refractivity contribution >= 4 is 0 Å². The van der Waals surface area contributed by atoms with Gasteiger partial charge in [-0.15, -0.1) is 0 Å². The SMILES string of the molecule is CCN(C[C@H](O)COc1ccc(C#N)cc1)[C@@H](COC)Cc1ccccc1. The van der Waals surface area contributed by atoms with Gasteiger partial charge in [0.15, 0.2) is 0 Å². The molecule has 0 saturated heterocycles. The van der Waals surface area contributed by atoms with Crippen LogP contribution in [0.1, 0.15) is 18.1 Å². The molecule has 0 aliphatic carbocycles. The fourth-order valence-electron chi connectivity index (χ4n) is 3.05. The fourth-order valence-corrected chi connectivity index (χ4v) is 3.05. The molecule has 2 rings (SSSR count). The summed E-state index contributed by atoms with van der Waals surface area (Å²) < 4.78 is 11.1. The smallest absolute Gasteiger partial charge is 0.119 e. The first kappa shape index (κ1) is 20.9. The first-order chi connectivity index (χ1) is 13.2. The van der Waals surface area contributed by atoms with Gasteiger partial charge >= 0.3 is 0 Å². The van der Waals surface area contributed by atoms with E-state index in [0.717, 1.165) is 13.0 Å². The van der Waals surface area contributed by atoms with E-state index < -0.39 is 6.10 Å². The molecule has 0 unspecified atom stereocenters. The van der Waals surface area contributed by atoms with Gasteiger partial charge in [0.1, 0.15) is 18.5 Å². The first-order valence-electron chi connectivity index (χ1n) is 9.24. The Hall–Kier alpha value is -2.39. The van der Waals surface area contributed by atoms with Gasteiger partial charge in [0.25, 0.3) is 0 Å². The van der Waals surface area contributed by atoms with Crippen molar-refractivity contribution in [2.75, 3.05) is 33.4 Å². The third-order valence-electron chi connectivity index (χ3n) is 4.47. The minimum atomic E-state index is -0.615. The minimum absolute atomic E-state index is 0.187. The molecule has 0 aliphatic heterocycles. The van der Waals surface area contributed by atoms with Crippen LogP contribution in [0, 0.1) is 11.3 Å². The largest absolute Gasteiger partial charge is 0.491 e. The molecule has 2 aromatic carbocycles. The van der Waals surface area contributed by atoms with Crippen LogP contribution in [0.15, 0.2) is 54.6 Å². The molecular formula is C22H28N2O3. The maximum Gasteiger partial charge on any atom is 0.119 e. The van der Waals surface area contributed by atoms with Crippen LogP contribution in [0.5, 0.6) is 5.75 Å². The second-order valence-electron chi connectivity index (χ2n) is 6.49. The summed E-state index contributed by atoms with van der Waals surface area (Å²) in [6.07, 6.45) is 0.252. The van der Waals surface area contributed by atoms with Crippen molar-refractivity contribution in [1.29, 1.82) is 5.26 Å². The van der Waals surface area contributed by atoms with E-state index in [1.54, 1.807) is 31.4 Å². The number of nitrogens with zero attached hydrogens (tertiary/aromatic N) is 2. The molecule has 144 valence electrons. The summed E-state index contributed by atoms with van der Waals surface area (Å²) in [5.74, 6) is 0.647. The van der Waals surface area contributed by atoms with Crippen molar-refractivity contribution < 1.29 is 14.6 Å². The molecular weight excluding hydrogens is 340 g/mol. The van der Waals surface area contributed by atoms with Gasteiger partial charge < -0.3 is 14.6 Å². The van der Waals surface area contributed by atoms with E-state index in [9.17, 15) is 5.11 Å². The summed E-state index contributed by atoms with van der Waals surface area (Å²) in [5, 5.41) is 19.3. The number of likely N-dealkylation sites (N-methyl/N-ethyl adjacent to an activating group) is 1. The summed E-state index contributed by atoms with van der Waals surface area (Å²) in [6, 6.07) is 19.5. The van der Waals surface area contributed by atoms with Crippen molar-refractivity contribution in [2.24, 2.45) is 0 Å². The quantitative estimate of drug-likeness (QED) is 0.661. The van der Waals surface area contributed by atoms with E-state index in [-0.39, 0.29) is 12.6 Å². The monoisotopic (exact) mass is 368 g/mol. The number of rotatable bonds is 11. The molecule has 2 aromatic rings. The molecule has 1 N–H and O–H groups in total. The highest BCUT2D eigenvalue weighted by atomic mass is 16.5. The molecule has 27 heavy (non-hydrogen) atoms. The van der Waals surface area contributed by atoms with E-state index in [2.05, 4.69) is 30.0 Å². The Kier molecular flexibility index (Phi) is 8.79. The second-order valence-corrected chi connectivity index (χ2v) is 6.49. The number of ether oxygens (including phenoxy) is 2. The molecule has 5 nitrogen and oxygen atoms in total. The molecule has 0 heterocycles. The lowest BCUT2D eigenvalue weighted by Gasteiger charge is -2.32. The normalized spacial score (nSPS) is 13.1. The molecule has 0 saturated carbocycles. The Morgan fingerprint density at radius 3 is 2.37 bits per heavy atom. The maximum atomic E-state index is 10.4. The van der Waals surface area contributed by atoms with Crippen molar-refractivity contribution in [3.05, 3.63) is 65.7 Å². The van der Waals surface area contributed by atoms with Crippen molar-refractivity contribution in [1.82, 2.24) is 4.90 Å². The van der Waals surface area contributed by atoms with Gasteiger partial charge in [0.2, 0.25) is 0 Å². The summed E-state index contributed by atoms with van der Waals surface area (Å²) in [5.41, 5.74) is 1.84. The molecule has 0 aromatic heterocycles. The lowest BCUT2D eigenvalue weighted by Crippen LogP contribution is -2.45. The Morgan fingerprint density at radius 2 is 1.78 bits per heavy atom. The Bertz CT molecular complexity index is 698. The summed E-state index contributed by atoms with van der Waals surface area (Å²) in [4.78, 5) is 2.23. The van der Waals surface area contributed by atoms with Crippen LogP contribution >= 0.6 is 0 Å². The number of hydrogen-bond acceptors (Lipinski definition) is 5. The number of aliphatic hydroxyl groups excluding tert-OH is 1. The highest BCUT2D eigenvalue weighted by Crippen LogP contribution is 2.13. The molecule has 0 spiro atoms. The van der Waals surface area contributed by atoms with Crippen molar-refractivity contribution in [3.8, 4) is 11.8 Å². The predicted octanol–water partition coefficient (Wildman–Crippen LogP) is 2.88. The molecule has 2 atom stereocenters. The van der Waals surface area contributed by atoms with E-state index >= 15 is 0 Å². The average molecular weight is 368 g/mol. The zero-order valence-electron chi connectivity index (χ0n) is 16.0. The van der Waals surface area contributed by atoms with E-state index in [4.69, 9.17) is 14.7 Å². The third kappa shape index (κ3) is 7.03. The zero-order valence-corrected chi connectivity index (χ0v) is 16.0. The molecule has 0 aliphatic rings. The van der Waals surface area contributed by atoms with Crippen molar-refractivity contribution in [3.63, 3.8) is 0 Å². The van der Waals surface area contributed by atoms with Gasteiger partial charge in [0, 0.05) is 19.7 Å². The topological polar surface area (TPSA) is 65.7 Å². The average Bonchev–Trinajstić information content (AvgIpc) is 2.71. The predicted molar refractivity (Wildman–Crippen MR) is 106 cm³/mol. The van der Waals surface area contributed by atoms with E-state index in [1.807, 2.05) is 18.2 Å². The Balaban J connectivity index is 1.90. The van der Waals surface area contributed by atoms with Crippen molar-refractivity contribution in [2.45, 2.75) is 25.5 Å². The summed E-state index contributed by atoms with van der Waals surface area (Å²) in [7, 11) is 1.70. The Labute approximate surface area is 161 Å². The Morgan fingerprint density at radius 1 is 1.07 bits per heavy atom. The maximum absolute atomic E-state index is 10.4. The lowest BCUT2D eigenvalue weighted by atomic mass is 10.0. The zero-order chi connectivity index (χ0) is 19.5. The summed E-state index contributed by atoms with van der Waals surface area (Å²) >= 11 is 0. The van der Waals surface area contributed by atoms with Gasteiger partial charge in [-0.05, 0) is 42.8 Å². The van der Waals surface area contributed by atoms with Gasteiger partial charge in [0.05, 0.1) is 18.2 Å². The van der Waals surface area contributed by atoms with Crippen LogP contribution in [0.2, 0.25) is 0 Å². The fraction of sp³-hybridized carbons (Fsp3) is 0.409. The van der Waals surface area contributed by atoms with E-state index in [1.165, 1.54) is 5.56 Å². The van der Waals surface area contributed by atoms with Crippen LogP contribution < -0.4 is 4.74 Å². The second kappa shape index (κ2) is 11.3. The minimum Gasteiger partial charge on any atom is -0.491 e. The number of methoxy groups -OCH3 is 1. The molecule has 0 fully saturated rings. The highest BCUT2D eigenvalue weighted by Gasteiger charge is 2.21. The summed E-state index contributed by atoms with van der Waals surface area (Å²) in [6.45, 7) is 4.21. The standard InChI is InChI=1S/C22H28N2O3/c1-3-24(20(16-26-2)13-18-7-5-4-6-8-18)15-21(25)17-27-22-11-9-19(14-23)10-12-22/h4-12,20-21,25H,3,13,15-17H2,1-2H3/t20-,21+/m1/s1. The molecule has 0 bridgehead atoms. The van der Waals surface area contributed by atoms with Gasteiger partial charge in [-0.2, -0.15) is 5.26 Å². The number of aliphatic hydroxyl groups is 1. The van der Waals surface area contributed by atoms with E-state index in [0.29, 0.717) is 24.5 Å². The third-order valence-corrected chi connectivity index (χ3v) is 4.47. The number of benzene rings is 2. The molecule has 0 radical (unpaired) electrons. The van der Waals surface area contributed by atoms with Gasteiger partial charge in [-0.3, -0.25) is 4.90 Å². The van der Waals surface area contributed by atoms with Gasteiger partial charge in [-0.1, -0.05) is 37.3 Å².